The number of nitrogens with one attached hydrogen (secondary N) is 1. The molecule has 1 heterocycles. The van der Waals surface area contributed by atoms with Gasteiger partial charge in [0.15, 0.2) is 15.8 Å². The minimum absolute atomic E-state index is 0.360. The van der Waals surface area contributed by atoms with E-state index in [9.17, 15) is 8.42 Å². The Hall–Kier alpha value is -2.34. The highest BCUT2D eigenvalue weighted by molar-refractivity contribution is 7.90. The van der Waals surface area contributed by atoms with Crippen LogP contribution in [0.1, 0.15) is 23.5 Å². The number of rotatable bonds is 5. The summed E-state index contributed by atoms with van der Waals surface area (Å²) in [6.07, 6.45) is 3.18. The molecule has 0 saturated carbocycles. The van der Waals surface area contributed by atoms with E-state index in [0.717, 1.165) is 44.0 Å². The SMILES string of the molecule is CN=C(NCCc1ccc(S(C)(=O)=O)cc1)N1CCC(c2ccccc2)C1. The third-order valence-electron chi connectivity index (χ3n) is 5.02. The highest BCUT2D eigenvalue weighted by Crippen LogP contribution is 2.26. The third-order valence-corrected chi connectivity index (χ3v) is 6.15. The van der Waals surface area contributed by atoms with Crippen molar-refractivity contribution in [2.75, 3.05) is 32.9 Å². The van der Waals surface area contributed by atoms with Crippen LogP contribution in [0, 0.1) is 0 Å². The van der Waals surface area contributed by atoms with Crippen molar-refractivity contribution in [3.63, 3.8) is 0 Å². The summed E-state index contributed by atoms with van der Waals surface area (Å²) in [7, 11) is -1.32. The molecule has 1 N–H and O–H groups in total. The second kappa shape index (κ2) is 8.57. The van der Waals surface area contributed by atoms with Gasteiger partial charge in [0.2, 0.25) is 0 Å². The molecular weight excluding hydrogens is 358 g/mol. The van der Waals surface area contributed by atoms with E-state index >= 15 is 0 Å². The number of sulfone groups is 1. The van der Waals surface area contributed by atoms with Crippen molar-refractivity contribution in [1.82, 2.24) is 10.2 Å². The lowest BCUT2D eigenvalue weighted by molar-refractivity contribution is 0.486. The van der Waals surface area contributed by atoms with Crippen LogP contribution >= 0.6 is 0 Å². The van der Waals surface area contributed by atoms with Gasteiger partial charge in [-0.3, -0.25) is 4.99 Å². The molecule has 1 atom stereocenters. The first-order chi connectivity index (χ1) is 13.0. The minimum atomic E-state index is -3.14. The Balaban J connectivity index is 1.51. The summed E-state index contributed by atoms with van der Waals surface area (Å²) >= 11 is 0. The molecule has 6 heteroatoms. The molecule has 0 aliphatic carbocycles. The van der Waals surface area contributed by atoms with Crippen LogP contribution in [0.5, 0.6) is 0 Å². The number of guanidine groups is 1. The molecule has 1 aliphatic heterocycles. The predicted octanol–water partition coefficient (Wildman–Crippen LogP) is 2.70. The summed E-state index contributed by atoms with van der Waals surface area (Å²) in [4.78, 5) is 7.10. The maximum absolute atomic E-state index is 11.5. The molecule has 0 radical (unpaired) electrons. The first-order valence-corrected chi connectivity index (χ1v) is 11.2. The maximum atomic E-state index is 11.5. The van der Waals surface area contributed by atoms with Gasteiger partial charge in [-0.25, -0.2) is 8.42 Å². The van der Waals surface area contributed by atoms with Gasteiger partial charge in [0.25, 0.3) is 0 Å². The van der Waals surface area contributed by atoms with Crippen molar-refractivity contribution < 1.29 is 8.42 Å². The molecule has 144 valence electrons. The van der Waals surface area contributed by atoms with Crippen LogP contribution in [0.25, 0.3) is 0 Å². The Morgan fingerprint density at radius 2 is 1.85 bits per heavy atom. The summed E-state index contributed by atoms with van der Waals surface area (Å²) in [5, 5.41) is 3.43. The van der Waals surface area contributed by atoms with E-state index < -0.39 is 9.84 Å². The van der Waals surface area contributed by atoms with Gasteiger partial charge in [-0.1, -0.05) is 42.5 Å². The zero-order valence-electron chi connectivity index (χ0n) is 15.9. The fraction of sp³-hybridized carbons (Fsp3) is 0.381. The van der Waals surface area contributed by atoms with Crippen molar-refractivity contribution in [2.24, 2.45) is 4.99 Å². The van der Waals surface area contributed by atoms with Crippen molar-refractivity contribution in [3.05, 3.63) is 65.7 Å². The maximum Gasteiger partial charge on any atom is 0.193 e. The van der Waals surface area contributed by atoms with Crippen LogP contribution in [-0.4, -0.2) is 52.2 Å². The van der Waals surface area contributed by atoms with E-state index in [1.807, 2.05) is 19.2 Å². The van der Waals surface area contributed by atoms with Crippen LogP contribution in [0.3, 0.4) is 0 Å². The Bertz CT molecular complexity index is 877. The fourth-order valence-electron chi connectivity index (χ4n) is 3.50. The van der Waals surface area contributed by atoms with E-state index in [2.05, 4.69) is 45.5 Å². The van der Waals surface area contributed by atoms with Crippen molar-refractivity contribution in [3.8, 4) is 0 Å². The van der Waals surface area contributed by atoms with E-state index in [1.54, 1.807) is 12.1 Å². The molecule has 0 bridgehead atoms. The van der Waals surface area contributed by atoms with Crippen LogP contribution in [-0.2, 0) is 16.3 Å². The quantitative estimate of drug-likeness (QED) is 0.635. The molecule has 3 rings (SSSR count). The Morgan fingerprint density at radius 3 is 2.48 bits per heavy atom. The number of likely N-dealkylation sites (tertiary alicyclic amines) is 1. The van der Waals surface area contributed by atoms with Crippen molar-refractivity contribution >= 4 is 15.8 Å². The minimum Gasteiger partial charge on any atom is -0.356 e. The van der Waals surface area contributed by atoms with E-state index in [1.165, 1.54) is 11.8 Å². The molecular formula is C21H27N3O2S. The van der Waals surface area contributed by atoms with Gasteiger partial charge in [0.1, 0.15) is 0 Å². The number of aliphatic imine (C=N–C) groups is 1. The van der Waals surface area contributed by atoms with E-state index in [0.29, 0.717) is 10.8 Å². The smallest absolute Gasteiger partial charge is 0.193 e. The van der Waals surface area contributed by atoms with Crippen molar-refractivity contribution in [1.29, 1.82) is 0 Å². The highest BCUT2D eigenvalue weighted by Gasteiger charge is 2.25. The van der Waals surface area contributed by atoms with Gasteiger partial charge in [0, 0.05) is 38.9 Å². The molecule has 1 aliphatic rings. The molecule has 0 aromatic heterocycles. The van der Waals surface area contributed by atoms with Gasteiger partial charge >= 0.3 is 0 Å². The highest BCUT2D eigenvalue weighted by atomic mass is 32.2. The largest absolute Gasteiger partial charge is 0.356 e. The standard InChI is InChI=1S/C21H27N3O2S/c1-22-21(24-15-13-19(16-24)18-6-4-3-5-7-18)23-14-12-17-8-10-20(11-9-17)27(2,25)26/h3-11,19H,12-16H2,1-2H3,(H,22,23). The molecule has 1 saturated heterocycles. The van der Waals surface area contributed by atoms with Crippen LogP contribution in [0.4, 0.5) is 0 Å². The number of nitrogens with zero attached hydrogens (tertiary/aromatic N) is 2. The summed E-state index contributed by atoms with van der Waals surface area (Å²) in [5.74, 6) is 1.48. The summed E-state index contributed by atoms with van der Waals surface area (Å²) in [6, 6.07) is 17.7. The second-order valence-corrected chi connectivity index (χ2v) is 9.00. The second-order valence-electron chi connectivity index (χ2n) is 6.98. The Labute approximate surface area is 162 Å². The van der Waals surface area contributed by atoms with Gasteiger partial charge in [-0.15, -0.1) is 0 Å². The third kappa shape index (κ3) is 5.10. The average molecular weight is 386 g/mol. The van der Waals surface area contributed by atoms with Crippen LogP contribution in [0.15, 0.2) is 64.5 Å². The van der Waals surface area contributed by atoms with E-state index in [-0.39, 0.29) is 0 Å². The van der Waals surface area contributed by atoms with Crippen molar-refractivity contribution in [2.45, 2.75) is 23.7 Å². The summed E-state index contributed by atoms with van der Waals surface area (Å²) in [5.41, 5.74) is 2.50. The summed E-state index contributed by atoms with van der Waals surface area (Å²) < 4.78 is 23.1. The molecule has 1 fully saturated rings. The fourth-order valence-corrected chi connectivity index (χ4v) is 4.13. The zero-order chi connectivity index (χ0) is 19.3. The van der Waals surface area contributed by atoms with Gasteiger partial charge in [-0.2, -0.15) is 0 Å². The van der Waals surface area contributed by atoms with Gasteiger partial charge in [-0.05, 0) is 36.1 Å². The van der Waals surface area contributed by atoms with Gasteiger partial charge in [0.05, 0.1) is 4.90 Å². The molecule has 5 nitrogen and oxygen atoms in total. The lowest BCUT2D eigenvalue weighted by Gasteiger charge is -2.22. The lowest BCUT2D eigenvalue weighted by atomic mass is 9.99. The molecule has 27 heavy (non-hydrogen) atoms. The number of hydrogen-bond donors (Lipinski definition) is 1. The molecule has 1 unspecified atom stereocenters. The number of hydrogen-bond acceptors (Lipinski definition) is 3. The predicted molar refractivity (Wildman–Crippen MR) is 110 cm³/mol. The molecule has 2 aromatic rings. The average Bonchev–Trinajstić information content (AvgIpc) is 3.15. The number of benzene rings is 2. The molecule has 0 spiro atoms. The summed E-state index contributed by atoms with van der Waals surface area (Å²) in [6.45, 7) is 2.74. The Kier molecular flexibility index (Phi) is 6.16. The topological polar surface area (TPSA) is 61.8 Å². The monoisotopic (exact) mass is 385 g/mol. The first kappa shape index (κ1) is 19.4. The molecule has 0 amide bonds. The van der Waals surface area contributed by atoms with Gasteiger partial charge < -0.3 is 10.2 Å². The lowest BCUT2D eigenvalue weighted by Crippen LogP contribution is -2.40. The van der Waals surface area contributed by atoms with Crippen LogP contribution in [0.2, 0.25) is 0 Å². The normalized spacial score (nSPS) is 17.9. The Morgan fingerprint density at radius 1 is 1.15 bits per heavy atom. The van der Waals surface area contributed by atoms with Crippen LogP contribution < -0.4 is 5.32 Å². The zero-order valence-corrected chi connectivity index (χ0v) is 16.7. The first-order valence-electron chi connectivity index (χ1n) is 9.27. The van der Waals surface area contributed by atoms with E-state index in [4.69, 9.17) is 0 Å². The molecule has 2 aromatic carbocycles.